The first-order valence-electron chi connectivity index (χ1n) is 5.90. The lowest BCUT2D eigenvalue weighted by Gasteiger charge is -2.06. The van der Waals surface area contributed by atoms with Crippen LogP contribution < -0.4 is 5.32 Å². The standard InChI is InChI=1S/C13H16ClN3O/c1-9(2)11-5-3-10(4-6-11)8-15-13-17-16-12(7-14)18-13/h3-6,9H,7-8H2,1-2H3,(H,15,17). The van der Waals surface area contributed by atoms with Gasteiger partial charge in [-0.15, -0.1) is 16.7 Å². The van der Waals surface area contributed by atoms with Crippen LogP contribution in [-0.2, 0) is 12.4 Å². The van der Waals surface area contributed by atoms with Gasteiger partial charge in [-0.3, -0.25) is 0 Å². The Balaban J connectivity index is 1.93. The molecule has 2 rings (SSSR count). The predicted molar refractivity (Wildman–Crippen MR) is 71.7 cm³/mol. The topological polar surface area (TPSA) is 51.0 Å². The summed E-state index contributed by atoms with van der Waals surface area (Å²) in [5.41, 5.74) is 2.51. The fourth-order valence-corrected chi connectivity index (χ4v) is 1.69. The van der Waals surface area contributed by atoms with Gasteiger partial charge in [-0.25, -0.2) is 0 Å². The smallest absolute Gasteiger partial charge is 0.315 e. The second-order valence-corrected chi connectivity index (χ2v) is 4.65. The maximum atomic E-state index is 5.58. The number of alkyl halides is 1. The maximum absolute atomic E-state index is 5.58. The van der Waals surface area contributed by atoms with Crippen LogP contribution in [0.25, 0.3) is 0 Å². The molecular formula is C13H16ClN3O. The van der Waals surface area contributed by atoms with Crippen LogP contribution in [-0.4, -0.2) is 10.2 Å². The molecule has 0 radical (unpaired) electrons. The summed E-state index contributed by atoms with van der Waals surface area (Å²) >= 11 is 5.58. The van der Waals surface area contributed by atoms with Crippen LogP contribution in [0.15, 0.2) is 28.7 Å². The molecule has 4 nitrogen and oxygen atoms in total. The van der Waals surface area contributed by atoms with Gasteiger partial charge in [0.15, 0.2) is 0 Å². The van der Waals surface area contributed by atoms with Crippen molar-refractivity contribution in [2.45, 2.75) is 32.2 Å². The lowest BCUT2D eigenvalue weighted by Crippen LogP contribution is -2.00. The van der Waals surface area contributed by atoms with Gasteiger partial charge in [0, 0.05) is 6.54 Å². The van der Waals surface area contributed by atoms with Gasteiger partial charge in [0.05, 0.1) is 0 Å². The van der Waals surface area contributed by atoms with E-state index in [4.69, 9.17) is 16.0 Å². The molecule has 2 aromatic rings. The van der Waals surface area contributed by atoms with Crippen LogP contribution in [0.4, 0.5) is 6.01 Å². The van der Waals surface area contributed by atoms with Gasteiger partial charge in [-0.1, -0.05) is 43.2 Å². The average Bonchev–Trinajstić information content (AvgIpc) is 2.85. The minimum absolute atomic E-state index is 0.234. The van der Waals surface area contributed by atoms with E-state index < -0.39 is 0 Å². The van der Waals surface area contributed by atoms with Gasteiger partial charge < -0.3 is 9.73 Å². The third-order valence-corrected chi connectivity index (χ3v) is 2.90. The third kappa shape index (κ3) is 3.23. The SMILES string of the molecule is CC(C)c1ccc(CNc2nnc(CCl)o2)cc1. The largest absolute Gasteiger partial charge is 0.407 e. The Labute approximate surface area is 111 Å². The number of aromatic nitrogens is 2. The lowest BCUT2D eigenvalue weighted by molar-refractivity contribution is 0.525. The van der Waals surface area contributed by atoms with Crippen molar-refractivity contribution >= 4 is 17.6 Å². The summed E-state index contributed by atoms with van der Waals surface area (Å²) in [6.07, 6.45) is 0. The summed E-state index contributed by atoms with van der Waals surface area (Å²) < 4.78 is 5.25. The van der Waals surface area contributed by atoms with Crippen molar-refractivity contribution in [3.63, 3.8) is 0 Å². The lowest BCUT2D eigenvalue weighted by atomic mass is 10.0. The van der Waals surface area contributed by atoms with Crippen molar-refractivity contribution in [3.05, 3.63) is 41.3 Å². The van der Waals surface area contributed by atoms with Gasteiger partial charge in [-0.05, 0) is 17.0 Å². The molecule has 0 saturated heterocycles. The van der Waals surface area contributed by atoms with E-state index in [1.54, 1.807) is 0 Å². The average molecular weight is 266 g/mol. The number of rotatable bonds is 5. The fourth-order valence-electron chi connectivity index (χ4n) is 1.58. The Morgan fingerprint density at radius 3 is 2.50 bits per heavy atom. The molecule has 0 bridgehead atoms. The highest BCUT2D eigenvalue weighted by Crippen LogP contribution is 2.15. The zero-order chi connectivity index (χ0) is 13.0. The van der Waals surface area contributed by atoms with Crippen molar-refractivity contribution in [1.82, 2.24) is 10.2 Å². The summed E-state index contributed by atoms with van der Waals surface area (Å²) in [6.45, 7) is 5.01. The molecule has 1 heterocycles. The van der Waals surface area contributed by atoms with Gasteiger partial charge in [0.2, 0.25) is 5.89 Å². The number of nitrogens with one attached hydrogen (secondary N) is 1. The Hall–Kier alpha value is -1.55. The van der Waals surface area contributed by atoms with E-state index in [1.807, 2.05) is 0 Å². The van der Waals surface area contributed by atoms with E-state index in [1.165, 1.54) is 11.1 Å². The zero-order valence-electron chi connectivity index (χ0n) is 10.5. The van der Waals surface area contributed by atoms with E-state index >= 15 is 0 Å². The molecule has 18 heavy (non-hydrogen) atoms. The molecule has 0 amide bonds. The van der Waals surface area contributed by atoms with E-state index in [0.29, 0.717) is 24.4 Å². The monoisotopic (exact) mass is 265 g/mol. The first-order valence-corrected chi connectivity index (χ1v) is 6.43. The van der Waals surface area contributed by atoms with E-state index in [2.05, 4.69) is 53.6 Å². The normalized spacial score (nSPS) is 10.9. The summed E-state index contributed by atoms with van der Waals surface area (Å²) in [7, 11) is 0. The fraction of sp³-hybridized carbons (Fsp3) is 0.385. The Morgan fingerprint density at radius 2 is 1.94 bits per heavy atom. The quantitative estimate of drug-likeness (QED) is 0.840. The summed E-state index contributed by atoms with van der Waals surface area (Å²) in [6, 6.07) is 8.88. The number of anilines is 1. The maximum Gasteiger partial charge on any atom is 0.315 e. The highest BCUT2D eigenvalue weighted by Gasteiger charge is 2.04. The number of benzene rings is 1. The van der Waals surface area contributed by atoms with E-state index in [9.17, 15) is 0 Å². The third-order valence-electron chi connectivity index (χ3n) is 2.67. The Morgan fingerprint density at radius 1 is 1.22 bits per heavy atom. The van der Waals surface area contributed by atoms with Gasteiger partial charge >= 0.3 is 6.01 Å². The first kappa shape index (κ1) is 12.9. The predicted octanol–water partition coefficient (Wildman–Crippen LogP) is 3.54. The van der Waals surface area contributed by atoms with Crippen LogP contribution in [0.1, 0.15) is 36.8 Å². The number of halogens is 1. The molecule has 0 unspecified atom stereocenters. The van der Waals surface area contributed by atoms with Crippen molar-refractivity contribution in [2.75, 3.05) is 5.32 Å². The highest BCUT2D eigenvalue weighted by molar-refractivity contribution is 6.16. The van der Waals surface area contributed by atoms with E-state index in [-0.39, 0.29) is 5.88 Å². The summed E-state index contributed by atoms with van der Waals surface area (Å²) in [5, 5.41) is 10.7. The van der Waals surface area contributed by atoms with E-state index in [0.717, 1.165) is 0 Å². The first-order chi connectivity index (χ1) is 8.69. The Kier molecular flexibility index (Phi) is 4.20. The van der Waals surface area contributed by atoms with Crippen molar-refractivity contribution in [2.24, 2.45) is 0 Å². The summed E-state index contributed by atoms with van der Waals surface area (Å²) in [5.74, 6) is 1.21. The minimum atomic E-state index is 0.234. The molecule has 0 saturated carbocycles. The molecule has 96 valence electrons. The second-order valence-electron chi connectivity index (χ2n) is 4.38. The summed E-state index contributed by atoms with van der Waals surface area (Å²) in [4.78, 5) is 0. The van der Waals surface area contributed by atoms with Gasteiger partial charge in [-0.2, -0.15) is 0 Å². The molecule has 0 aliphatic rings. The number of hydrogen-bond donors (Lipinski definition) is 1. The van der Waals surface area contributed by atoms with Gasteiger partial charge in [0.1, 0.15) is 5.88 Å². The van der Waals surface area contributed by atoms with Crippen molar-refractivity contribution in [1.29, 1.82) is 0 Å². The molecule has 0 spiro atoms. The molecule has 1 N–H and O–H groups in total. The van der Waals surface area contributed by atoms with Crippen molar-refractivity contribution in [3.8, 4) is 0 Å². The van der Waals surface area contributed by atoms with Crippen LogP contribution >= 0.6 is 11.6 Å². The minimum Gasteiger partial charge on any atom is -0.407 e. The highest BCUT2D eigenvalue weighted by atomic mass is 35.5. The molecule has 0 atom stereocenters. The van der Waals surface area contributed by atoms with Crippen molar-refractivity contribution < 1.29 is 4.42 Å². The Bertz CT molecular complexity index is 493. The van der Waals surface area contributed by atoms with Crippen LogP contribution in [0.5, 0.6) is 0 Å². The number of nitrogens with zero attached hydrogens (tertiary/aromatic N) is 2. The van der Waals surface area contributed by atoms with Crippen LogP contribution in [0.3, 0.4) is 0 Å². The molecule has 5 heteroatoms. The second kappa shape index (κ2) is 5.87. The molecule has 1 aromatic heterocycles. The molecule has 0 aliphatic heterocycles. The van der Waals surface area contributed by atoms with Crippen LogP contribution in [0, 0.1) is 0 Å². The molecule has 0 fully saturated rings. The molecule has 1 aromatic carbocycles. The zero-order valence-corrected chi connectivity index (χ0v) is 11.2. The number of hydrogen-bond acceptors (Lipinski definition) is 4. The van der Waals surface area contributed by atoms with Crippen LogP contribution in [0.2, 0.25) is 0 Å². The van der Waals surface area contributed by atoms with Gasteiger partial charge in [0.25, 0.3) is 0 Å². The molecule has 0 aliphatic carbocycles. The molecular weight excluding hydrogens is 250 g/mol.